The van der Waals surface area contributed by atoms with Crippen molar-refractivity contribution >= 4 is 56.4 Å². The molecule has 172 valence electrons. The van der Waals surface area contributed by atoms with Crippen LogP contribution in [0.2, 0.25) is 4.34 Å². The highest BCUT2D eigenvalue weighted by molar-refractivity contribution is 7.89. The van der Waals surface area contributed by atoms with Crippen LogP contribution >= 0.6 is 22.9 Å². The second kappa shape index (κ2) is 9.53. The summed E-state index contributed by atoms with van der Waals surface area (Å²) >= 11 is 6.74. The average molecular weight is 504 g/mol. The number of carbonyl (C=O) groups is 3. The topological polar surface area (TPSA) is 133 Å². The zero-order valence-corrected chi connectivity index (χ0v) is 19.1. The molecule has 32 heavy (non-hydrogen) atoms. The van der Waals surface area contributed by atoms with Gasteiger partial charge < -0.3 is 15.3 Å². The number of amides is 2. The first-order chi connectivity index (χ1) is 15.0. The summed E-state index contributed by atoms with van der Waals surface area (Å²) in [7, 11) is -4.51. The lowest BCUT2D eigenvalue weighted by Gasteiger charge is -2.22. The number of rotatable bonds is 8. The van der Waals surface area contributed by atoms with Crippen LogP contribution < -0.4 is 14.9 Å². The van der Waals surface area contributed by atoms with E-state index >= 15 is 0 Å². The molecule has 0 spiro atoms. The maximum atomic E-state index is 14.2. The largest absolute Gasteiger partial charge is 0.480 e. The minimum atomic E-state index is -4.51. The van der Waals surface area contributed by atoms with Crippen molar-refractivity contribution in [2.24, 2.45) is 0 Å². The number of carboxylic acids is 1. The van der Waals surface area contributed by atoms with E-state index in [1.807, 2.05) is 4.72 Å². The molecule has 1 saturated heterocycles. The van der Waals surface area contributed by atoms with Gasteiger partial charge in [-0.1, -0.05) is 11.6 Å². The number of carboxylic acid groups (broad SMARTS) is 1. The van der Waals surface area contributed by atoms with Crippen LogP contribution in [0.5, 0.6) is 0 Å². The van der Waals surface area contributed by atoms with E-state index in [-0.39, 0.29) is 28.5 Å². The van der Waals surface area contributed by atoms with Gasteiger partial charge in [0.2, 0.25) is 15.9 Å². The van der Waals surface area contributed by atoms with Gasteiger partial charge in [0.1, 0.15) is 11.9 Å². The summed E-state index contributed by atoms with van der Waals surface area (Å²) < 4.78 is 42.4. The molecular weight excluding hydrogens is 485 g/mol. The standard InChI is InChI=1S/C19H19ClFN3O6S2/c1-10-13(24-6-2-3-17(24)25)7-11(21)8-15(10)32(29,30)23-12(19(27)28)9-22-18(26)14-4-5-16(20)31-14/h4-5,7-8,12,23H,2-3,6,9H2,1H3,(H,22,26)(H,27,28). The first kappa shape index (κ1) is 24.1. The number of sulfonamides is 1. The Morgan fingerprint density at radius 1 is 1.34 bits per heavy atom. The molecule has 1 aromatic heterocycles. The lowest BCUT2D eigenvalue weighted by molar-refractivity contribution is -0.138. The predicted octanol–water partition coefficient (Wildman–Crippen LogP) is 2.14. The first-order valence-corrected chi connectivity index (χ1v) is 12.1. The zero-order chi connectivity index (χ0) is 23.6. The van der Waals surface area contributed by atoms with E-state index < -0.39 is 45.2 Å². The molecule has 2 aromatic rings. The van der Waals surface area contributed by atoms with E-state index in [1.54, 1.807) is 0 Å². The smallest absolute Gasteiger partial charge is 0.323 e. The van der Waals surface area contributed by atoms with E-state index in [0.717, 1.165) is 23.5 Å². The monoisotopic (exact) mass is 503 g/mol. The van der Waals surface area contributed by atoms with Crippen LogP contribution in [0.15, 0.2) is 29.2 Å². The second-order valence-electron chi connectivity index (χ2n) is 7.02. The Kier molecular flexibility index (Phi) is 7.18. The quantitative estimate of drug-likeness (QED) is 0.505. The van der Waals surface area contributed by atoms with E-state index in [1.165, 1.54) is 24.0 Å². The SMILES string of the molecule is Cc1c(N2CCCC2=O)cc(F)cc1S(=O)(=O)NC(CNC(=O)c1ccc(Cl)s1)C(=O)O. The molecule has 0 radical (unpaired) electrons. The van der Waals surface area contributed by atoms with Crippen molar-refractivity contribution in [2.75, 3.05) is 18.0 Å². The third-order valence-corrected chi connectivity index (χ3v) is 7.64. The lowest BCUT2D eigenvalue weighted by Crippen LogP contribution is -2.48. The molecule has 9 nitrogen and oxygen atoms in total. The van der Waals surface area contributed by atoms with Gasteiger partial charge in [0, 0.05) is 19.5 Å². The Balaban J connectivity index is 1.82. The number of nitrogens with one attached hydrogen (secondary N) is 2. The molecule has 0 bridgehead atoms. The van der Waals surface area contributed by atoms with Crippen LogP contribution in [-0.4, -0.2) is 50.4 Å². The van der Waals surface area contributed by atoms with Gasteiger partial charge in [-0.15, -0.1) is 11.3 Å². The van der Waals surface area contributed by atoms with Crippen molar-refractivity contribution in [3.05, 3.63) is 44.9 Å². The van der Waals surface area contributed by atoms with Gasteiger partial charge in [-0.05, 0) is 43.2 Å². The maximum absolute atomic E-state index is 14.2. The van der Waals surface area contributed by atoms with Crippen LogP contribution in [0.3, 0.4) is 0 Å². The Morgan fingerprint density at radius 2 is 2.06 bits per heavy atom. The first-order valence-electron chi connectivity index (χ1n) is 9.39. The van der Waals surface area contributed by atoms with Crippen LogP contribution in [-0.2, 0) is 19.6 Å². The Hall–Kier alpha value is -2.54. The number of hydrogen-bond donors (Lipinski definition) is 3. The highest BCUT2D eigenvalue weighted by Crippen LogP contribution is 2.31. The lowest BCUT2D eigenvalue weighted by atomic mass is 10.2. The van der Waals surface area contributed by atoms with E-state index in [4.69, 9.17) is 11.6 Å². The summed E-state index contributed by atoms with van der Waals surface area (Å²) in [6, 6.07) is 3.04. The van der Waals surface area contributed by atoms with Gasteiger partial charge in [0.15, 0.2) is 0 Å². The fraction of sp³-hybridized carbons (Fsp3) is 0.316. The highest BCUT2D eigenvalue weighted by atomic mass is 35.5. The van der Waals surface area contributed by atoms with Gasteiger partial charge in [-0.2, -0.15) is 4.72 Å². The van der Waals surface area contributed by atoms with E-state index in [9.17, 15) is 32.3 Å². The predicted molar refractivity (Wildman–Crippen MR) is 116 cm³/mol. The molecule has 1 atom stereocenters. The molecule has 1 aromatic carbocycles. The molecule has 0 saturated carbocycles. The van der Waals surface area contributed by atoms with Crippen molar-refractivity contribution in [3.8, 4) is 0 Å². The van der Waals surface area contributed by atoms with Crippen LogP contribution in [0.25, 0.3) is 0 Å². The molecule has 1 unspecified atom stereocenters. The van der Waals surface area contributed by atoms with Crippen molar-refractivity contribution in [1.82, 2.24) is 10.0 Å². The molecule has 3 N–H and O–H groups in total. The molecule has 3 rings (SSSR count). The van der Waals surface area contributed by atoms with Crippen LogP contribution in [0.4, 0.5) is 10.1 Å². The molecule has 1 fully saturated rings. The third kappa shape index (κ3) is 5.26. The van der Waals surface area contributed by atoms with Gasteiger partial charge in [-0.25, -0.2) is 12.8 Å². The van der Waals surface area contributed by atoms with Crippen LogP contribution in [0.1, 0.15) is 28.1 Å². The van der Waals surface area contributed by atoms with Crippen molar-refractivity contribution in [1.29, 1.82) is 0 Å². The second-order valence-corrected chi connectivity index (χ2v) is 10.4. The number of halogens is 2. The minimum Gasteiger partial charge on any atom is -0.480 e. The minimum absolute atomic E-state index is 0.107. The maximum Gasteiger partial charge on any atom is 0.323 e. The van der Waals surface area contributed by atoms with Crippen molar-refractivity contribution in [3.63, 3.8) is 0 Å². The Labute approximate surface area is 192 Å². The summed E-state index contributed by atoms with van der Waals surface area (Å²) in [6.07, 6.45) is 0.831. The number of benzene rings is 1. The fourth-order valence-corrected chi connectivity index (χ4v) is 5.67. The van der Waals surface area contributed by atoms with Gasteiger partial charge in [0.05, 0.1) is 19.8 Å². The highest BCUT2D eigenvalue weighted by Gasteiger charge is 2.31. The van der Waals surface area contributed by atoms with E-state index in [0.29, 0.717) is 17.3 Å². The molecular formula is C19H19ClFN3O6S2. The Morgan fingerprint density at radius 3 is 2.62 bits per heavy atom. The summed E-state index contributed by atoms with van der Waals surface area (Å²) in [5.41, 5.74) is 0.221. The number of anilines is 1. The summed E-state index contributed by atoms with van der Waals surface area (Å²) in [5, 5.41) is 11.8. The molecule has 1 aliphatic heterocycles. The summed E-state index contributed by atoms with van der Waals surface area (Å²) in [5.74, 6) is -3.30. The van der Waals surface area contributed by atoms with Gasteiger partial charge in [0.25, 0.3) is 5.91 Å². The molecule has 0 aliphatic carbocycles. The van der Waals surface area contributed by atoms with Gasteiger partial charge >= 0.3 is 5.97 Å². The van der Waals surface area contributed by atoms with Crippen LogP contribution in [0, 0.1) is 12.7 Å². The van der Waals surface area contributed by atoms with Gasteiger partial charge in [-0.3, -0.25) is 14.4 Å². The summed E-state index contributed by atoms with van der Waals surface area (Å²) in [4.78, 5) is 36.8. The van der Waals surface area contributed by atoms with Crippen molar-refractivity contribution < 1.29 is 32.3 Å². The molecule has 2 heterocycles. The number of hydrogen-bond acceptors (Lipinski definition) is 6. The van der Waals surface area contributed by atoms with Crippen molar-refractivity contribution in [2.45, 2.75) is 30.7 Å². The molecule has 1 aliphatic rings. The zero-order valence-electron chi connectivity index (χ0n) is 16.7. The normalized spacial score (nSPS) is 15.1. The average Bonchev–Trinajstić information content (AvgIpc) is 3.34. The molecule has 13 heteroatoms. The number of nitrogens with zero attached hydrogens (tertiary/aromatic N) is 1. The molecule has 2 amide bonds. The Bertz CT molecular complexity index is 1180. The number of carbonyl (C=O) groups excluding carboxylic acids is 2. The fourth-order valence-electron chi connectivity index (χ4n) is 3.25. The van der Waals surface area contributed by atoms with E-state index in [2.05, 4.69) is 5.32 Å². The number of thiophene rings is 1. The number of aliphatic carboxylic acids is 1. The summed E-state index contributed by atoms with van der Waals surface area (Å²) in [6.45, 7) is 1.17. The third-order valence-electron chi connectivity index (χ3n) is 4.81.